The van der Waals surface area contributed by atoms with Gasteiger partial charge in [-0.05, 0) is 69.7 Å². The van der Waals surface area contributed by atoms with E-state index in [0.717, 1.165) is 31.5 Å². The molecular weight excluding hydrogens is 312 g/mol. The molecule has 0 saturated carbocycles. The van der Waals surface area contributed by atoms with Gasteiger partial charge in [0.05, 0.1) is 5.70 Å². The van der Waals surface area contributed by atoms with E-state index in [2.05, 4.69) is 42.3 Å². The molecular formula is C21H28N2O2. The fourth-order valence-electron chi connectivity index (χ4n) is 3.57. The number of carbonyl (C=O) groups is 1. The van der Waals surface area contributed by atoms with Gasteiger partial charge in [0.15, 0.2) is 0 Å². The molecule has 0 fully saturated rings. The van der Waals surface area contributed by atoms with Crippen molar-refractivity contribution in [2.45, 2.75) is 52.6 Å². The van der Waals surface area contributed by atoms with Gasteiger partial charge in [-0.1, -0.05) is 18.2 Å². The maximum absolute atomic E-state index is 12.5. The summed E-state index contributed by atoms with van der Waals surface area (Å²) in [5.41, 5.74) is 5.64. The largest absolute Gasteiger partial charge is 0.443 e. The minimum absolute atomic E-state index is 0.295. The summed E-state index contributed by atoms with van der Waals surface area (Å²) in [6, 6.07) is 8.54. The molecule has 134 valence electrons. The summed E-state index contributed by atoms with van der Waals surface area (Å²) >= 11 is 0. The quantitative estimate of drug-likeness (QED) is 0.770. The number of amides is 1. The van der Waals surface area contributed by atoms with Crippen molar-refractivity contribution in [2.24, 2.45) is 0 Å². The molecule has 1 aromatic carbocycles. The number of nitrogens with zero attached hydrogens (tertiary/aromatic N) is 2. The van der Waals surface area contributed by atoms with Crippen molar-refractivity contribution in [1.29, 1.82) is 0 Å². The van der Waals surface area contributed by atoms with Crippen LogP contribution < -0.4 is 4.90 Å². The number of rotatable bonds is 2. The van der Waals surface area contributed by atoms with Crippen LogP contribution in [0.25, 0.3) is 0 Å². The number of para-hydroxylation sites is 1. The molecule has 25 heavy (non-hydrogen) atoms. The first-order valence-corrected chi connectivity index (χ1v) is 8.98. The van der Waals surface area contributed by atoms with Gasteiger partial charge in [-0.15, -0.1) is 0 Å². The van der Waals surface area contributed by atoms with Crippen LogP contribution in [0.3, 0.4) is 0 Å². The SMILES string of the molecule is CC1=C(N(C)C(=O)OC(C)(C)C)/C(=C/N2CCc3ccccc32)CC1. The molecule has 0 radical (unpaired) electrons. The molecule has 0 atom stereocenters. The zero-order valence-electron chi connectivity index (χ0n) is 15.9. The molecule has 1 aliphatic heterocycles. The average molecular weight is 340 g/mol. The van der Waals surface area contributed by atoms with E-state index in [1.807, 2.05) is 27.8 Å². The van der Waals surface area contributed by atoms with E-state index in [1.165, 1.54) is 22.4 Å². The first kappa shape index (κ1) is 17.6. The van der Waals surface area contributed by atoms with Crippen molar-refractivity contribution in [2.75, 3.05) is 18.5 Å². The molecule has 1 aromatic rings. The lowest BCUT2D eigenvalue weighted by molar-refractivity contribution is 0.0356. The van der Waals surface area contributed by atoms with Crippen molar-refractivity contribution >= 4 is 11.8 Å². The van der Waals surface area contributed by atoms with Crippen LogP contribution in [0, 0.1) is 0 Å². The summed E-state index contributed by atoms with van der Waals surface area (Å²) in [7, 11) is 1.81. The molecule has 4 nitrogen and oxygen atoms in total. The Bertz CT molecular complexity index is 741. The molecule has 0 N–H and O–H groups in total. The third-order valence-corrected chi connectivity index (χ3v) is 4.72. The van der Waals surface area contributed by atoms with Crippen LogP contribution in [0.15, 0.2) is 47.3 Å². The number of carbonyl (C=O) groups excluding carboxylic acids is 1. The van der Waals surface area contributed by atoms with Gasteiger partial charge in [0.1, 0.15) is 5.60 Å². The van der Waals surface area contributed by atoms with Crippen LogP contribution in [0.4, 0.5) is 10.5 Å². The van der Waals surface area contributed by atoms with Gasteiger partial charge in [0, 0.05) is 25.5 Å². The normalized spacial score (nSPS) is 18.8. The maximum atomic E-state index is 12.5. The number of fused-ring (bicyclic) bond motifs is 1. The van der Waals surface area contributed by atoms with Gasteiger partial charge in [0.2, 0.25) is 0 Å². The molecule has 1 aliphatic carbocycles. The second kappa shape index (κ2) is 6.58. The number of anilines is 1. The number of hydrogen-bond donors (Lipinski definition) is 0. The van der Waals surface area contributed by atoms with Crippen LogP contribution >= 0.6 is 0 Å². The summed E-state index contributed by atoms with van der Waals surface area (Å²) in [6.07, 6.45) is 4.95. The highest BCUT2D eigenvalue weighted by atomic mass is 16.6. The van der Waals surface area contributed by atoms with E-state index < -0.39 is 5.60 Å². The van der Waals surface area contributed by atoms with Gasteiger partial charge in [0.25, 0.3) is 0 Å². The van der Waals surface area contributed by atoms with Crippen molar-refractivity contribution in [3.8, 4) is 0 Å². The lowest BCUT2D eigenvalue weighted by Gasteiger charge is -2.27. The standard InChI is InChI=1S/C21H28N2O2/c1-15-10-11-17(19(15)22(5)20(24)25-21(2,3)4)14-23-13-12-16-8-6-7-9-18(16)23/h6-9,14H,10-13H2,1-5H3/b17-14+. The van der Waals surface area contributed by atoms with E-state index in [9.17, 15) is 4.79 Å². The molecule has 0 saturated heterocycles. The average Bonchev–Trinajstić information content (AvgIpc) is 3.10. The Morgan fingerprint density at radius 3 is 2.64 bits per heavy atom. The second-order valence-electron chi connectivity index (χ2n) is 7.89. The Kier molecular flexibility index (Phi) is 4.63. The molecule has 0 aromatic heterocycles. The molecule has 0 unspecified atom stereocenters. The fourth-order valence-corrected chi connectivity index (χ4v) is 3.57. The van der Waals surface area contributed by atoms with Gasteiger partial charge >= 0.3 is 6.09 Å². The monoisotopic (exact) mass is 340 g/mol. The lowest BCUT2D eigenvalue weighted by atomic mass is 10.1. The van der Waals surface area contributed by atoms with E-state index >= 15 is 0 Å². The van der Waals surface area contributed by atoms with Crippen LogP contribution in [-0.2, 0) is 11.2 Å². The number of benzene rings is 1. The van der Waals surface area contributed by atoms with Gasteiger partial charge < -0.3 is 9.64 Å². The number of likely N-dealkylation sites (N-methyl/N-ethyl adjacent to an activating group) is 1. The van der Waals surface area contributed by atoms with Gasteiger partial charge in [-0.25, -0.2) is 4.79 Å². The van der Waals surface area contributed by atoms with Crippen molar-refractivity contribution < 1.29 is 9.53 Å². The zero-order chi connectivity index (χ0) is 18.2. The predicted octanol–water partition coefficient (Wildman–Crippen LogP) is 4.87. The molecule has 1 heterocycles. The summed E-state index contributed by atoms with van der Waals surface area (Å²) in [5, 5.41) is 0. The van der Waals surface area contributed by atoms with Crippen LogP contribution in [0.1, 0.15) is 46.1 Å². The second-order valence-corrected chi connectivity index (χ2v) is 7.89. The van der Waals surface area contributed by atoms with Gasteiger partial charge in [-0.2, -0.15) is 0 Å². The Balaban J connectivity index is 1.84. The van der Waals surface area contributed by atoms with Crippen molar-refractivity contribution in [1.82, 2.24) is 4.90 Å². The minimum atomic E-state index is -0.490. The summed E-state index contributed by atoms with van der Waals surface area (Å²) in [4.78, 5) is 16.5. The zero-order valence-corrected chi connectivity index (χ0v) is 15.9. The van der Waals surface area contributed by atoms with E-state index in [1.54, 1.807) is 4.90 Å². The first-order chi connectivity index (χ1) is 11.8. The fraction of sp³-hybridized carbons (Fsp3) is 0.476. The first-order valence-electron chi connectivity index (χ1n) is 8.98. The number of ether oxygens (including phenoxy) is 1. The summed E-state index contributed by atoms with van der Waals surface area (Å²) in [5.74, 6) is 0. The highest BCUT2D eigenvalue weighted by Crippen LogP contribution is 2.36. The topological polar surface area (TPSA) is 32.8 Å². The van der Waals surface area contributed by atoms with E-state index in [4.69, 9.17) is 4.74 Å². The van der Waals surface area contributed by atoms with Crippen LogP contribution in [0.2, 0.25) is 0 Å². The summed E-state index contributed by atoms with van der Waals surface area (Å²) in [6.45, 7) is 8.78. The molecule has 1 amide bonds. The van der Waals surface area contributed by atoms with E-state index in [0.29, 0.717) is 0 Å². The predicted molar refractivity (Wildman–Crippen MR) is 102 cm³/mol. The van der Waals surface area contributed by atoms with E-state index in [-0.39, 0.29) is 6.09 Å². The molecule has 0 bridgehead atoms. The van der Waals surface area contributed by atoms with Crippen molar-refractivity contribution in [3.05, 3.63) is 52.9 Å². The maximum Gasteiger partial charge on any atom is 0.414 e. The third kappa shape index (κ3) is 3.73. The highest BCUT2D eigenvalue weighted by Gasteiger charge is 2.29. The molecule has 4 heteroatoms. The Morgan fingerprint density at radius 2 is 1.92 bits per heavy atom. The smallest absolute Gasteiger partial charge is 0.414 e. The van der Waals surface area contributed by atoms with Crippen LogP contribution in [0.5, 0.6) is 0 Å². The molecule has 2 aliphatic rings. The van der Waals surface area contributed by atoms with Crippen molar-refractivity contribution in [3.63, 3.8) is 0 Å². The Morgan fingerprint density at radius 1 is 1.20 bits per heavy atom. The summed E-state index contributed by atoms with van der Waals surface area (Å²) < 4.78 is 5.55. The molecule has 3 rings (SSSR count). The van der Waals surface area contributed by atoms with Gasteiger partial charge in [-0.3, -0.25) is 4.90 Å². The highest BCUT2D eigenvalue weighted by molar-refractivity contribution is 5.72. The lowest BCUT2D eigenvalue weighted by Crippen LogP contribution is -2.34. The van der Waals surface area contributed by atoms with Crippen LogP contribution in [-0.4, -0.2) is 30.2 Å². The molecule has 0 spiro atoms. The number of allylic oxidation sites excluding steroid dienone is 2. The Hall–Kier alpha value is -2.23. The number of hydrogen-bond acceptors (Lipinski definition) is 3. The Labute approximate surface area is 150 Å². The third-order valence-electron chi connectivity index (χ3n) is 4.72. The minimum Gasteiger partial charge on any atom is -0.443 e.